The van der Waals surface area contributed by atoms with E-state index in [4.69, 9.17) is 5.26 Å². The Labute approximate surface area is 65.0 Å². The Kier molecular flexibility index (Phi) is 2.81. The SMILES string of the molecule is N#CC1CCC(C(F)F)CC1. The molecule has 1 aliphatic rings. The van der Waals surface area contributed by atoms with E-state index >= 15 is 0 Å². The third-order valence-corrected chi connectivity index (χ3v) is 2.31. The van der Waals surface area contributed by atoms with E-state index < -0.39 is 12.3 Å². The highest BCUT2D eigenvalue weighted by atomic mass is 19.3. The van der Waals surface area contributed by atoms with E-state index in [9.17, 15) is 8.78 Å². The highest BCUT2D eigenvalue weighted by molar-refractivity contribution is 4.87. The van der Waals surface area contributed by atoms with E-state index in [-0.39, 0.29) is 5.92 Å². The first-order valence-corrected chi connectivity index (χ1v) is 3.92. The van der Waals surface area contributed by atoms with Crippen LogP contribution in [0, 0.1) is 23.2 Å². The van der Waals surface area contributed by atoms with Crippen molar-refractivity contribution in [3.8, 4) is 6.07 Å². The van der Waals surface area contributed by atoms with Gasteiger partial charge in [-0.3, -0.25) is 0 Å². The lowest BCUT2D eigenvalue weighted by atomic mass is 9.83. The molecular weight excluding hydrogens is 148 g/mol. The van der Waals surface area contributed by atoms with Crippen molar-refractivity contribution in [3.05, 3.63) is 0 Å². The standard InChI is InChI=1S/C8H11F2N/c9-8(10)7-3-1-6(5-11)2-4-7/h6-8H,1-4H2. The molecule has 1 rings (SSSR count). The van der Waals surface area contributed by atoms with E-state index in [1.54, 1.807) is 0 Å². The Hall–Kier alpha value is -0.650. The molecule has 0 aromatic carbocycles. The number of nitriles is 1. The van der Waals surface area contributed by atoms with Crippen molar-refractivity contribution in [2.24, 2.45) is 11.8 Å². The van der Waals surface area contributed by atoms with Gasteiger partial charge in [0.2, 0.25) is 6.43 Å². The molecule has 0 aromatic rings. The highest BCUT2D eigenvalue weighted by Crippen LogP contribution is 2.31. The van der Waals surface area contributed by atoms with Gasteiger partial charge >= 0.3 is 0 Å². The second kappa shape index (κ2) is 3.66. The molecule has 0 saturated heterocycles. The van der Waals surface area contributed by atoms with Gasteiger partial charge in [0.25, 0.3) is 0 Å². The second-order valence-corrected chi connectivity index (χ2v) is 3.08. The van der Waals surface area contributed by atoms with Crippen molar-refractivity contribution < 1.29 is 8.78 Å². The maximum Gasteiger partial charge on any atom is 0.241 e. The highest BCUT2D eigenvalue weighted by Gasteiger charge is 2.26. The van der Waals surface area contributed by atoms with Crippen LogP contribution in [0.4, 0.5) is 8.78 Å². The lowest BCUT2D eigenvalue weighted by Crippen LogP contribution is -2.19. The summed E-state index contributed by atoms with van der Waals surface area (Å²) in [5.41, 5.74) is 0. The smallest absolute Gasteiger partial charge is 0.210 e. The summed E-state index contributed by atoms with van der Waals surface area (Å²) in [6.45, 7) is 0. The Morgan fingerprint density at radius 2 is 1.73 bits per heavy atom. The van der Waals surface area contributed by atoms with Gasteiger partial charge in [0.15, 0.2) is 0 Å². The van der Waals surface area contributed by atoms with Crippen LogP contribution in [0.15, 0.2) is 0 Å². The molecule has 11 heavy (non-hydrogen) atoms. The van der Waals surface area contributed by atoms with Gasteiger partial charge in [-0.25, -0.2) is 8.78 Å². The number of hydrogen-bond donors (Lipinski definition) is 0. The zero-order chi connectivity index (χ0) is 8.27. The molecular formula is C8H11F2N. The van der Waals surface area contributed by atoms with Crippen LogP contribution in [0.1, 0.15) is 25.7 Å². The quantitative estimate of drug-likeness (QED) is 0.576. The van der Waals surface area contributed by atoms with Crippen LogP contribution < -0.4 is 0 Å². The van der Waals surface area contributed by atoms with Crippen LogP contribution in [-0.2, 0) is 0 Å². The molecule has 0 bridgehead atoms. The molecule has 1 nitrogen and oxygen atoms in total. The molecule has 1 fully saturated rings. The van der Waals surface area contributed by atoms with Crippen LogP contribution in [-0.4, -0.2) is 6.43 Å². The average Bonchev–Trinajstić information content (AvgIpc) is 2.05. The van der Waals surface area contributed by atoms with Gasteiger partial charge in [-0.2, -0.15) is 5.26 Å². The normalized spacial score (nSPS) is 31.8. The third-order valence-electron chi connectivity index (χ3n) is 2.31. The van der Waals surface area contributed by atoms with E-state index in [2.05, 4.69) is 6.07 Å². The minimum Gasteiger partial charge on any atom is -0.210 e. The summed E-state index contributed by atoms with van der Waals surface area (Å²) in [5.74, 6) is -0.412. The van der Waals surface area contributed by atoms with Crippen molar-refractivity contribution in [2.45, 2.75) is 32.1 Å². The van der Waals surface area contributed by atoms with Gasteiger partial charge in [0.05, 0.1) is 6.07 Å². The average molecular weight is 159 g/mol. The Morgan fingerprint density at radius 3 is 2.09 bits per heavy atom. The van der Waals surface area contributed by atoms with Gasteiger partial charge in [-0.1, -0.05) is 0 Å². The molecule has 62 valence electrons. The molecule has 0 aliphatic heterocycles. The van der Waals surface area contributed by atoms with Crippen LogP contribution >= 0.6 is 0 Å². The Balaban J connectivity index is 2.31. The summed E-state index contributed by atoms with van der Waals surface area (Å²) < 4.78 is 24.1. The minimum absolute atomic E-state index is 0.0324. The van der Waals surface area contributed by atoms with Crippen molar-refractivity contribution in [1.29, 1.82) is 5.26 Å². The van der Waals surface area contributed by atoms with Crippen LogP contribution in [0.2, 0.25) is 0 Å². The summed E-state index contributed by atoms with van der Waals surface area (Å²) in [6.07, 6.45) is 0.178. The molecule has 0 atom stereocenters. The maximum absolute atomic E-state index is 12.1. The van der Waals surface area contributed by atoms with Gasteiger partial charge in [0.1, 0.15) is 0 Å². The predicted molar refractivity (Wildman–Crippen MR) is 37.1 cm³/mol. The minimum atomic E-state index is -2.19. The first-order chi connectivity index (χ1) is 5.24. The summed E-state index contributed by atoms with van der Waals surface area (Å²) in [5, 5.41) is 8.48. The first kappa shape index (κ1) is 8.45. The number of nitrogens with zero attached hydrogens (tertiary/aromatic N) is 1. The van der Waals surface area contributed by atoms with E-state index in [0.717, 1.165) is 0 Å². The topological polar surface area (TPSA) is 23.8 Å². The number of alkyl halides is 2. The number of rotatable bonds is 1. The van der Waals surface area contributed by atoms with Crippen molar-refractivity contribution in [2.75, 3.05) is 0 Å². The Bertz CT molecular complexity index is 154. The summed E-state index contributed by atoms with van der Waals surface area (Å²) >= 11 is 0. The number of halogens is 2. The molecule has 0 radical (unpaired) electrons. The van der Waals surface area contributed by atoms with Crippen LogP contribution in [0.5, 0.6) is 0 Å². The fraction of sp³-hybridized carbons (Fsp3) is 0.875. The van der Waals surface area contributed by atoms with Gasteiger partial charge in [0, 0.05) is 11.8 Å². The predicted octanol–water partition coefficient (Wildman–Crippen LogP) is 2.58. The molecule has 0 unspecified atom stereocenters. The monoisotopic (exact) mass is 159 g/mol. The fourth-order valence-corrected chi connectivity index (χ4v) is 1.50. The molecule has 1 saturated carbocycles. The molecule has 0 amide bonds. The molecule has 0 heterocycles. The number of hydrogen-bond acceptors (Lipinski definition) is 1. The van der Waals surface area contributed by atoms with Crippen LogP contribution in [0.3, 0.4) is 0 Å². The van der Waals surface area contributed by atoms with Crippen LogP contribution in [0.25, 0.3) is 0 Å². The summed E-state index contributed by atoms with van der Waals surface area (Å²) in [4.78, 5) is 0. The van der Waals surface area contributed by atoms with E-state index in [1.165, 1.54) is 0 Å². The maximum atomic E-state index is 12.1. The molecule has 0 aromatic heterocycles. The summed E-state index contributed by atoms with van der Waals surface area (Å²) in [7, 11) is 0. The third kappa shape index (κ3) is 2.14. The van der Waals surface area contributed by atoms with E-state index in [1.807, 2.05) is 0 Å². The van der Waals surface area contributed by atoms with Crippen molar-refractivity contribution >= 4 is 0 Å². The van der Waals surface area contributed by atoms with Gasteiger partial charge in [-0.05, 0) is 25.7 Å². The first-order valence-electron chi connectivity index (χ1n) is 3.92. The lowest BCUT2D eigenvalue weighted by molar-refractivity contribution is 0.0512. The Morgan fingerprint density at radius 1 is 1.18 bits per heavy atom. The van der Waals surface area contributed by atoms with Gasteiger partial charge < -0.3 is 0 Å². The van der Waals surface area contributed by atoms with Gasteiger partial charge in [-0.15, -0.1) is 0 Å². The largest absolute Gasteiger partial charge is 0.241 e. The van der Waals surface area contributed by atoms with E-state index in [0.29, 0.717) is 25.7 Å². The zero-order valence-electron chi connectivity index (χ0n) is 6.26. The molecule has 0 N–H and O–H groups in total. The van der Waals surface area contributed by atoms with Crippen molar-refractivity contribution in [3.63, 3.8) is 0 Å². The second-order valence-electron chi connectivity index (χ2n) is 3.08. The zero-order valence-corrected chi connectivity index (χ0v) is 6.26. The molecule has 1 aliphatic carbocycles. The fourth-order valence-electron chi connectivity index (χ4n) is 1.50. The molecule has 3 heteroatoms. The van der Waals surface area contributed by atoms with Crippen molar-refractivity contribution in [1.82, 2.24) is 0 Å². The summed E-state index contributed by atoms with van der Waals surface area (Å²) in [6, 6.07) is 2.12. The molecule has 0 spiro atoms. The lowest BCUT2D eigenvalue weighted by Gasteiger charge is -2.23.